The Hall–Kier alpha value is -2.53. The first kappa shape index (κ1) is 22.2. The Morgan fingerprint density at radius 2 is 1.93 bits per heavy atom. The van der Waals surface area contributed by atoms with Crippen molar-refractivity contribution >= 4 is 5.91 Å². The van der Waals surface area contributed by atoms with E-state index in [0.29, 0.717) is 39.4 Å². The lowest BCUT2D eigenvalue weighted by atomic mass is 10.1. The lowest BCUT2D eigenvalue weighted by molar-refractivity contribution is -0.122. The van der Waals surface area contributed by atoms with Gasteiger partial charge in [-0.25, -0.2) is 0 Å². The molecule has 0 aliphatic carbocycles. The second kappa shape index (κ2) is 11.0. The zero-order chi connectivity index (χ0) is 21.3. The van der Waals surface area contributed by atoms with Gasteiger partial charge in [-0.15, -0.1) is 0 Å². The van der Waals surface area contributed by atoms with Crippen LogP contribution in [0.3, 0.4) is 0 Å². The summed E-state index contributed by atoms with van der Waals surface area (Å²) in [6.45, 7) is 9.87. The fraction of sp³-hybridized carbons (Fsp3) is 0.480. The number of amides is 1. The third-order valence-electron chi connectivity index (χ3n) is 5.49. The van der Waals surface area contributed by atoms with E-state index in [1.165, 1.54) is 16.7 Å². The number of nitrogens with zero attached hydrogens (tertiary/aromatic N) is 1. The third kappa shape index (κ3) is 6.23. The molecule has 0 unspecified atom stereocenters. The summed E-state index contributed by atoms with van der Waals surface area (Å²) in [4.78, 5) is 14.8. The average molecular weight is 411 g/mol. The highest BCUT2D eigenvalue weighted by molar-refractivity contribution is 5.78. The Morgan fingerprint density at radius 1 is 1.07 bits per heavy atom. The van der Waals surface area contributed by atoms with Crippen LogP contribution in [-0.2, 0) is 17.9 Å². The predicted octanol–water partition coefficient (Wildman–Crippen LogP) is 4.38. The number of hydrogen-bond donors (Lipinski definition) is 1. The molecule has 0 fully saturated rings. The molecule has 2 aromatic rings. The van der Waals surface area contributed by atoms with Gasteiger partial charge in [0, 0.05) is 25.2 Å². The molecule has 0 spiro atoms. The van der Waals surface area contributed by atoms with Crippen molar-refractivity contribution in [1.29, 1.82) is 0 Å². The van der Waals surface area contributed by atoms with Crippen LogP contribution in [0.15, 0.2) is 36.4 Å². The van der Waals surface area contributed by atoms with Gasteiger partial charge in [0.05, 0.1) is 19.8 Å². The van der Waals surface area contributed by atoms with Gasteiger partial charge in [0.1, 0.15) is 0 Å². The van der Waals surface area contributed by atoms with Crippen molar-refractivity contribution in [3.63, 3.8) is 0 Å². The molecule has 2 aromatic carbocycles. The number of nitrogens with one attached hydrogen (secondary N) is 1. The van der Waals surface area contributed by atoms with Crippen molar-refractivity contribution in [3.05, 3.63) is 58.7 Å². The van der Waals surface area contributed by atoms with Crippen LogP contribution in [0.5, 0.6) is 11.5 Å². The number of para-hydroxylation sites is 1. The van der Waals surface area contributed by atoms with Gasteiger partial charge in [0.15, 0.2) is 11.5 Å². The molecule has 1 N–H and O–H groups in total. The average Bonchev–Trinajstić information content (AvgIpc) is 2.72. The minimum Gasteiger partial charge on any atom is -0.490 e. The van der Waals surface area contributed by atoms with Crippen LogP contribution in [-0.4, -0.2) is 37.1 Å². The molecule has 0 bridgehead atoms. The standard InChI is InChI=1S/C25H34N2O3/c1-4-29-23-10-8-9-22-17-27(16-21-12-11-19(2)20(3)15-21)18-24(28)26-13-6-5-7-14-30-25(22)23/h8-12,15H,4-7,13-14,16-18H2,1-3H3,(H,26,28). The number of benzene rings is 2. The molecular weight excluding hydrogens is 376 g/mol. The normalized spacial score (nSPS) is 16.3. The number of ether oxygens (including phenoxy) is 2. The Labute approximate surface area is 180 Å². The fourth-order valence-electron chi connectivity index (χ4n) is 3.75. The van der Waals surface area contributed by atoms with E-state index < -0.39 is 0 Å². The Balaban J connectivity index is 1.89. The van der Waals surface area contributed by atoms with E-state index in [0.717, 1.165) is 36.3 Å². The maximum absolute atomic E-state index is 12.6. The maximum Gasteiger partial charge on any atom is 0.234 e. The first-order valence-electron chi connectivity index (χ1n) is 11.0. The van der Waals surface area contributed by atoms with Gasteiger partial charge < -0.3 is 14.8 Å². The molecule has 3 rings (SSSR count). The molecule has 5 nitrogen and oxygen atoms in total. The van der Waals surface area contributed by atoms with E-state index in [-0.39, 0.29) is 5.91 Å². The van der Waals surface area contributed by atoms with Crippen LogP contribution >= 0.6 is 0 Å². The van der Waals surface area contributed by atoms with Gasteiger partial charge in [0.2, 0.25) is 5.91 Å². The minimum atomic E-state index is 0.0708. The van der Waals surface area contributed by atoms with Gasteiger partial charge in [-0.1, -0.05) is 30.3 Å². The number of rotatable bonds is 4. The van der Waals surface area contributed by atoms with Crippen LogP contribution in [0.4, 0.5) is 0 Å². The zero-order valence-corrected chi connectivity index (χ0v) is 18.5. The van der Waals surface area contributed by atoms with E-state index in [2.05, 4.69) is 48.3 Å². The molecule has 5 heteroatoms. The molecule has 1 aliphatic heterocycles. The van der Waals surface area contributed by atoms with Gasteiger partial charge in [-0.2, -0.15) is 0 Å². The molecule has 0 atom stereocenters. The minimum absolute atomic E-state index is 0.0708. The van der Waals surface area contributed by atoms with Gasteiger partial charge >= 0.3 is 0 Å². The highest BCUT2D eigenvalue weighted by atomic mass is 16.5. The molecule has 0 saturated heterocycles. The van der Waals surface area contributed by atoms with Crippen molar-refractivity contribution in [2.45, 2.75) is 53.1 Å². The highest BCUT2D eigenvalue weighted by Gasteiger charge is 2.18. The summed E-state index contributed by atoms with van der Waals surface area (Å²) in [5, 5.41) is 3.07. The van der Waals surface area contributed by atoms with Gasteiger partial charge in [-0.3, -0.25) is 9.69 Å². The zero-order valence-electron chi connectivity index (χ0n) is 18.5. The van der Waals surface area contributed by atoms with Crippen LogP contribution < -0.4 is 14.8 Å². The smallest absolute Gasteiger partial charge is 0.234 e. The molecular formula is C25H34N2O3. The van der Waals surface area contributed by atoms with E-state index in [4.69, 9.17) is 9.47 Å². The monoisotopic (exact) mass is 410 g/mol. The summed E-state index contributed by atoms with van der Waals surface area (Å²) < 4.78 is 12.0. The largest absolute Gasteiger partial charge is 0.490 e. The summed E-state index contributed by atoms with van der Waals surface area (Å²) in [5.74, 6) is 1.66. The quantitative estimate of drug-likeness (QED) is 0.813. The molecule has 0 saturated carbocycles. The van der Waals surface area contributed by atoms with Gasteiger partial charge in [-0.05, 0) is 62.8 Å². The second-order valence-electron chi connectivity index (χ2n) is 8.00. The van der Waals surface area contributed by atoms with Crippen molar-refractivity contribution in [2.75, 3.05) is 26.3 Å². The number of carbonyl (C=O) groups is 1. The summed E-state index contributed by atoms with van der Waals surface area (Å²) in [6, 6.07) is 12.5. The molecule has 1 amide bonds. The summed E-state index contributed by atoms with van der Waals surface area (Å²) in [6.07, 6.45) is 2.95. The summed E-state index contributed by atoms with van der Waals surface area (Å²) >= 11 is 0. The number of fused-ring (bicyclic) bond motifs is 1. The highest BCUT2D eigenvalue weighted by Crippen LogP contribution is 2.33. The van der Waals surface area contributed by atoms with Crippen molar-refractivity contribution < 1.29 is 14.3 Å². The summed E-state index contributed by atoms with van der Waals surface area (Å²) in [5.41, 5.74) is 4.81. The fourth-order valence-corrected chi connectivity index (χ4v) is 3.75. The maximum atomic E-state index is 12.6. The SMILES string of the molecule is CCOc1cccc2c1OCCCCCNC(=O)CN(Cc1ccc(C)c(C)c1)C2. The lowest BCUT2D eigenvalue weighted by Gasteiger charge is -2.24. The topological polar surface area (TPSA) is 50.8 Å². The van der Waals surface area contributed by atoms with Crippen molar-refractivity contribution in [3.8, 4) is 11.5 Å². The number of carbonyl (C=O) groups excluding carboxylic acids is 1. The molecule has 1 heterocycles. The van der Waals surface area contributed by atoms with E-state index in [9.17, 15) is 4.79 Å². The predicted molar refractivity (Wildman–Crippen MR) is 120 cm³/mol. The first-order chi connectivity index (χ1) is 14.6. The lowest BCUT2D eigenvalue weighted by Crippen LogP contribution is -2.37. The van der Waals surface area contributed by atoms with Crippen LogP contribution in [0.2, 0.25) is 0 Å². The van der Waals surface area contributed by atoms with Gasteiger partial charge in [0.25, 0.3) is 0 Å². The van der Waals surface area contributed by atoms with Crippen LogP contribution in [0, 0.1) is 13.8 Å². The molecule has 0 aromatic heterocycles. The first-order valence-corrected chi connectivity index (χ1v) is 11.0. The number of aryl methyl sites for hydroxylation is 2. The van der Waals surface area contributed by atoms with E-state index in [1.807, 2.05) is 19.1 Å². The van der Waals surface area contributed by atoms with Crippen LogP contribution in [0.1, 0.15) is 48.4 Å². The molecule has 162 valence electrons. The van der Waals surface area contributed by atoms with Crippen molar-refractivity contribution in [1.82, 2.24) is 10.2 Å². The molecule has 1 aliphatic rings. The summed E-state index contributed by atoms with van der Waals surface area (Å²) in [7, 11) is 0. The van der Waals surface area contributed by atoms with Crippen molar-refractivity contribution in [2.24, 2.45) is 0 Å². The van der Waals surface area contributed by atoms with Crippen LogP contribution in [0.25, 0.3) is 0 Å². The Kier molecular flexibility index (Phi) is 8.14. The second-order valence-corrected chi connectivity index (χ2v) is 8.00. The molecule has 0 radical (unpaired) electrons. The Morgan fingerprint density at radius 3 is 2.73 bits per heavy atom. The Bertz CT molecular complexity index is 850. The third-order valence-corrected chi connectivity index (χ3v) is 5.49. The van der Waals surface area contributed by atoms with E-state index >= 15 is 0 Å². The molecule has 30 heavy (non-hydrogen) atoms. The number of hydrogen-bond acceptors (Lipinski definition) is 4. The van der Waals surface area contributed by atoms with E-state index in [1.54, 1.807) is 0 Å².